The molecule has 2 atom stereocenters. The molecule has 2 saturated heterocycles. The Bertz CT molecular complexity index is 1890. The number of benzene rings is 2. The summed E-state index contributed by atoms with van der Waals surface area (Å²) in [5.74, 6) is -2.17. The van der Waals surface area contributed by atoms with Crippen LogP contribution in [0.25, 0.3) is 10.9 Å². The highest BCUT2D eigenvalue weighted by Gasteiger charge is 2.44. The van der Waals surface area contributed by atoms with Crippen LogP contribution in [0.5, 0.6) is 5.75 Å². The third-order valence-corrected chi connectivity index (χ3v) is 9.56. The lowest BCUT2D eigenvalue weighted by Gasteiger charge is -2.33. The van der Waals surface area contributed by atoms with Crippen LogP contribution in [-0.2, 0) is 20.9 Å². The second kappa shape index (κ2) is 13.8. The van der Waals surface area contributed by atoms with E-state index in [1.165, 1.54) is 5.57 Å². The first-order valence-electron chi connectivity index (χ1n) is 16.5. The van der Waals surface area contributed by atoms with Gasteiger partial charge in [0.05, 0.1) is 23.8 Å². The first kappa shape index (κ1) is 32.4. The van der Waals surface area contributed by atoms with Gasteiger partial charge in [0.25, 0.3) is 17.7 Å². The van der Waals surface area contributed by atoms with Crippen LogP contribution >= 0.6 is 0 Å². The van der Waals surface area contributed by atoms with E-state index < -0.39 is 35.6 Å². The average molecular weight is 668 g/mol. The van der Waals surface area contributed by atoms with E-state index in [4.69, 9.17) is 14.7 Å². The molecule has 3 N–H and O–H groups in total. The average Bonchev–Trinajstić information content (AvgIpc) is 3.62. The maximum Gasteiger partial charge on any atom is 0.274 e. The SMILES string of the molecule is O=C1CCC(N2C(=O)c3ccc(OC4CCN(CC5=CC(OCCn6ccc7ccc(C(=O)NO)cc76)CC=C5)CC4)cc3C2=O)C(=O)N1. The number of hydrogen-bond acceptors (Lipinski definition) is 9. The Morgan fingerprint density at radius 2 is 1.80 bits per heavy atom. The fourth-order valence-corrected chi connectivity index (χ4v) is 6.98. The van der Waals surface area contributed by atoms with E-state index in [-0.39, 0.29) is 36.2 Å². The molecule has 0 radical (unpaired) electrons. The molecule has 1 aromatic heterocycles. The van der Waals surface area contributed by atoms with Crippen molar-refractivity contribution >= 4 is 40.4 Å². The minimum absolute atomic E-state index is 0.0289. The van der Waals surface area contributed by atoms with E-state index >= 15 is 0 Å². The molecule has 4 heterocycles. The van der Waals surface area contributed by atoms with Crippen LogP contribution in [0.1, 0.15) is 63.2 Å². The third kappa shape index (κ3) is 6.77. The van der Waals surface area contributed by atoms with E-state index in [9.17, 15) is 24.0 Å². The van der Waals surface area contributed by atoms with E-state index in [0.717, 1.165) is 54.7 Å². The molecule has 13 nitrogen and oxygen atoms in total. The number of aromatic nitrogens is 1. The van der Waals surface area contributed by atoms with Crippen molar-refractivity contribution in [2.75, 3.05) is 26.2 Å². The van der Waals surface area contributed by atoms with Gasteiger partial charge in [-0.3, -0.25) is 44.3 Å². The molecule has 3 aromatic rings. The molecule has 0 saturated carbocycles. The molecular formula is C36H37N5O8. The highest BCUT2D eigenvalue weighted by Crippen LogP contribution is 2.31. The zero-order valence-corrected chi connectivity index (χ0v) is 26.8. The fourth-order valence-electron chi connectivity index (χ4n) is 6.98. The van der Waals surface area contributed by atoms with E-state index in [1.54, 1.807) is 35.8 Å². The maximum atomic E-state index is 13.2. The minimum Gasteiger partial charge on any atom is -0.490 e. The normalized spacial score (nSPS) is 21.6. The van der Waals surface area contributed by atoms with E-state index in [2.05, 4.69) is 28.4 Å². The molecule has 2 unspecified atom stereocenters. The maximum absolute atomic E-state index is 13.2. The van der Waals surface area contributed by atoms with Gasteiger partial charge in [-0.05, 0) is 73.0 Å². The number of hydrogen-bond donors (Lipinski definition) is 3. The number of likely N-dealkylation sites (tertiary alicyclic amines) is 1. The molecule has 3 aliphatic heterocycles. The van der Waals surface area contributed by atoms with Gasteiger partial charge in [-0.1, -0.05) is 24.3 Å². The summed E-state index contributed by atoms with van der Waals surface area (Å²) < 4.78 is 14.5. The van der Waals surface area contributed by atoms with Gasteiger partial charge in [0, 0.05) is 49.9 Å². The lowest BCUT2D eigenvalue weighted by Crippen LogP contribution is -2.54. The predicted octanol–water partition coefficient (Wildman–Crippen LogP) is 2.98. The lowest BCUT2D eigenvalue weighted by molar-refractivity contribution is -0.136. The Hall–Kier alpha value is -5.11. The van der Waals surface area contributed by atoms with Crippen molar-refractivity contribution in [1.29, 1.82) is 0 Å². The van der Waals surface area contributed by atoms with Crippen molar-refractivity contribution in [3.8, 4) is 5.75 Å². The topological polar surface area (TPSA) is 160 Å². The number of imide groups is 2. The second-order valence-corrected chi connectivity index (χ2v) is 12.8. The molecule has 7 rings (SSSR count). The number of carbonyl (C=O) groups excluding carboxylic acids is 5. The molecule has 49 heavy (non-hydrogen) atoms. The van der Waals surface area contributed by atoms with Gasteiger partial charge in [0.15, 0.2) is 0 Å². The number of carbonyl (C=O) groups is 5. The van der Waals surface area contributed by atoms with Gasteiger partial charge < -0.3 is 14.0 Å². The van der Waals surface area contributed by atoms with Gasteiger partial charge >= 0.3 is 0 Å². The van der Waals surface area contributed by atoms with Crippen LogP contribution in [0.2, 0.25) is 0 Å². The molecule has 0 spiro atoms. The van der Waals surface area contributed by atoms with Gasteiger partial charge in [0.2, 0.25) is 11.8 Å². The van der Waals surface area contributed by atoms with Crippen LogP contribution in [0.15, 0.2) is 72.5 Å². The van der Waals surface area contributed by atoms with Gasteiger partial charge in [0.1, 0.15) is 17.9 Å². The molecule has 2 aromatic carbocycles. The van der Waals surface area contributed by atoms with Crippen molar-refractivity contribution in [2.24, 2.45) is 0 Å². The highest BCUT2D eigenvalue weighted by atomic mass is 16.5. The minimum atomic E-state index is -1.00. The summed E-state index contributed by atoms with van der Waals surface area (Å²) in [6.45, 7) is 3.60. The number of piperidine rings is 2. The van der Waals surface area contributed by atoms with Crippen molar-refractivity contribution in [2.45, 2.75) is 56.9 Å². The summed E-state index contributed by atoms with van der Waals surface area (Å²) in [5.41, 5.74) is 4.60. The Balaban J connectivity index is 0.886. The molecule has 1 aliphatic carbocycles. The number of amides is 5. The number of nitrogens with zero attached hydrogens (tertiary/aromatic N) is 3. The van der Waals surface area contributed by atoms with Crippen LogP contribution in [0, 0.1) is 0 Å². The summed E-state index contributed by atoms with van der Waals surface area (Å²) in [7, 11) is 0. The third-order valence-electron chi connectivity index (χ3n) is 9.56. The van der Waals surface area contributed by atoms with Gasteiger partial charge in [-0.2, -0.15) is 0 Å². The number of fused-ring (bicyclic) bond motifs is 2. The standard InChI is InChI=1S/C36H37N5O8/c42-32-9-8-30(34(44)37-32)41-35(45)28-7-6-27(20-29(28)36(41)46)49-25-11-13-39(14-12-25)21-22-2-1-3-26(18-22)48-17-16-40-15-10-23-4-5-24(19-31(23)40)33(43)38-47/h1-2,4-7,10,15,18-20,25-26,30,47H,3,8-9,11-14,16-17,21H2,(H,38,43)(H,37,42,44). The van der Waals surface area contributed by atoms with Crippen molar-refractivity contribution in [3.05, 3.63) is 89.2 Å². The van der Waals surface area contributed by atoms with Crippen LogP contribution in [-0.4, -0.2) is 93.6 Å². The van der Waals surface area contributed by atoms with E-state index in [1.807, 2.05) is 22.9 Å². The Kier molecular flexibility index (Phi) is 9.13. The zero-order valence-electron chi connectivity index (χ0n) is 26.8. The van der Waals surface area contributed by atoms with E-state index in [0.29, 0.717) is 24.5 Å². The predicted molar refractivity (Wildman–Crippen MR) is 176 cm³/mol. The van der Waals surface area contributed by atoms with Crippen molar-refractivity contribution in [3.63, 3.8) is 0 Å². The summed E-state index contributed by atoms with van der Waals surface area (Å²) in [6, 6.07) is 11.1. The number of rotatable bonds is 10. The quantitative estimate of drug-likeness (QED) is 0.168. The van der Waals surface area contributed by atoms with Crippen molar-refractivity contribution in [1.82, 2.24) is 25.2 Å². The fraction of sp³-hybridized carbons (Fsp3) is 0.361. The summed E-state index contributed by atoms with van der Waals surface area (Å²) in [6.07, 6.45) is 11.0. The Morgan fingerprint density at radius 3 is 2.59 bits per heavy atom. The molecule has 2 fully saturated rings. The summed E-state index contributed by atoms with van der Waals surface area (Å²) >= 11 is 0. The first-order chi connectivity index (χ1) is 23.8. The monoisotopic (exact) mass is 667 g/mol. The lowest BCUT2D eigenvalue weighted by atomic mass is 10.0. The largest absolute Gasteiger partial charge is 0.490 e. The molecule has 5 amide bonds. The second-order valence-electron chi connectivity index (χ2n) is 12.8. The molecule has 0 bridgehead atoms. The zero-order chi connectivity index (χ0) is 34.1. The van der Waals surface area contributed by atoms with Gasteiger partial charge in [-0.25, -0.2) is 5.48 Å². The number of ether oxygens (including phenoxy) is 2. The number of nitrogens with one attached hydrogen (secondary N) is 2. The van der Waals surface area contributed by atoms with Crippen LogP contribution < -0.4 is 15.5 Å². The molecule has 13 heteroatoms. The number of hydroxylamine groups is 1. The summed E-state index contributed by atoms with van der Waals surface area (Å²) in [5, 5.41) is 12.2. The highest BCUT2D eigenvalue weighted by molar-refractivity contribution is 6.23. The summed E-state index contributed by atoms with van der Waals surface area (Å²) in [4.78, 5) is 65.2. The van der Waals surface area contributed by atoms with Gasteiger partial charge in [-0.15, -0.1) is 0 Å². The Labute approximate surface area is 282 Å². The molecular weight excluding hydrogens is 630 g/mol. The molecule has 254 valence electrons. The van der Waals surface area contributed by atoms with Crippen molar-refractivity contribution < 1.29 is 38.7 Å². The van der Waals surface area contributed by atoms with Crippen LogP contribution in [0.3, 0.4) is 0 Å². The Morgan fingerprint density at radius 1 is 0.980 bits per heavy atom. The smallest absolute Gasteiger partial charge is 0.274 e. The first-order valence-corrected chi connectivity index (χ1v) is 16.5. The van der Waals surface area contributed by atoms with Crippen LogP contribution in [0.4, 0.5) is 0 Å². The molecule has 4 aliphatic rings.